The van der Waals surface area contributed by atoms with Gasteiger partial charge in [-0.3, -0.25) is 4.68 Å². The molecule has 0 aliphatic heterocycles. The zero-order chi connectivity index (χ0) is 11.5. The Morgan fingerprint density at radius 2 is 2.13 bits per heavy atom. The maximum absolute atomic E-state index is 4.11. The second-order valence-corrected chi connectivity index (χ2v) is 5.26. The van der Waals surface area contributed by atoms with Crippen molar-refractivity contribution in [1.82, 2.24) is 20.3 Å². The van der Waals surface area contributed by atoms with Gasteiger partial charge in [0.2, 0.25) is 0 Å². The lowest BCUT2D eigenvalue weighted by molar-refractivity contribution is 0.323. The number of hydrogen-bond acceptors (Lipinski definition) is 3. The second kappa shape index (κ2) is 4.75. The Bertz CT molecular complexity index is 301. The van der Waals surface area contributed by atoms with Gasteiger partial charge in [0.1, 0.15) is 0 Å². The molecule has 0 saturated heterocycles. The third kappa shape index (κ3) is 4.42. The normalized spacial score (nSPS) is 12.4. The van der Waals surface area contributed by atoms with Crippen molar-refractivity contribution < 1.29 is 0 Å². The summed E-state index contributed by atoms with van der Waals surface area (Å²) in [4.78, 5) is 0. The molecular weight excluding hydrogens is 188 g/mol. The Morgan fingerprint density at radius 1 is 1.47 bits per heavy atom. The summed E-state index contributed by atoms with van der Waals surface area (Å²) < 4.78 is 1.75. The van der Waals surface area contributed by atoms with Gasteiger partial charge in [0.05, 0.1) is 5.69 Å². The molecule has 15 heavy (non-hydrogen) atoms. The SMILES string of the molecule is CC(C)NCC(C)(C)Cc1cn(C)nn1. The highest BCUT2D eigenvalue weighted by Gasteiger charge is 2.20. The highest BCUT2D eigenvalue weighted by Crippen LogP contribution is 2.19. The van der Waals surface area contributed by atoms with Gasteiger partial charge in [-0.05, 0) is 11.8 Å². The maximum atomic E-state index is 4.11. The molecule has 0 atom stereocenters. The fourth-order valence-electron chi connectivity index (χ4n) is 1.51. The van der Waals surface area contributed by atoms with Gasteiger partial charge in [0, 0.05) is 25.8 Å². The van der Waals surface area contributed by atoms with Crippen molar-refractivity contribution in [3.8, 4) is 0 Å². The zero-order valence-corrected chi connectivity index (χ0v) is 10.4. The van der Waals surface area contributed by atoms with Crippen molar-refractivity contribution in [2.75, 3.05) is 6.54 Å². The molecule has 4 heteroatoms. The molecule has 1 heterocycles. The van der Waals surface area contributed by atoms with Crippen molar-refractivity contribution in [3.05, 3.63) is 11.9 Å². The van der Waals surface area contributed by atoms with E-state index in [2.05, 4.69) is 43.3 Å². The minimum absolute atomic E-state index is 0.223. The lowest BCUT2D eigenvalue weighted by atomic mass is 9.88. The van der Waals surface area contributed by atoms with Gasteiger partial charge in [-0.15, -0.1) is 5.10 Å². The van der Waals surface area contributed by atoms with Crippen molar-refractivity contribution in [2.24, 2.45) is 12.5 Å². The predicted octanol–water partition coefficient (Wildman–Crippen LogP) is 1.38. The third-order valence-electron chi connectivity index (χ3n) is 2.30. The summed E-state index contributed by atoms with van der Waals surface area (Å²) in [5.41, 5.74) is 1.29. The van der Waals surface area contributed by atoms with Crippen molar-refractivity contribution in [2.45, 2.75) is 40.2 Å². The first-order valence-corrected chi connectivity index (χ1v) is 5.48. The van der Waals surface area contributed by atoms with E-state index < -0.39 is 0 Å². The third-order valence-corrected chi connectivity index (χ3v) is 2.30. The molecular formula is C11H22N4. The molecule has 1 N–H and O–H groups in total. The molecule has 0 saturated carbocycles. The molecule has 1 rings (SSSR count). The minimum atomic E-state index is 0.223. The summed E-state index contributed by atoms with van der Waals surface area (Å²) in [5.74, 6) is 0. The monoisotopic (exact) mass is 210 g/mol. The molecule has 0 radical (unpaired) electrons. The number of nitrogens with one attached hydrogen (secondary N) is 1. The van der Waals surface area contributed by atoms with E-state index in [1.807, 2.05) is 13.2 Å². The van der Waals surface area contributed by atoms with E-state index in [1.54, 1.807) is 4.68 Å². The lowest BCUT2D eigenvalue weighted by Crippen LogP contribution is -2.35. The molecule has 1 aromatic heterocycles. The quantitative estimate of drug-likeness (QED) is 0.798. The first-order valence-electron chi connectivity index (χ1n) is 5.48. The van der Waals surface area contributed by atoms with Gasteiger partial charge in [0.25, 0.3) is 0 Å². The van der Waals surface area contributed by atoms with Crippen LogP contribution in [0, 0.1) is 5.41 Å². The summed E-state index contributed by atoms with van der Waals surface area (Å²) in [7, 11) is 1.90. The molecule has 0 unspecified atom stereocenters. The molecule has 0 bridgehead atoms. The average molecular weight is 210 g/mol. The van der Waals surface area contributed by atoms with Crippen LogP contribution in [-0.4, -0.2) is 27.6 Å². The molecule has 4 nitrogen and oxygen atoms in total. The Morgan fingerprint density at radius 3 is 2.60 bits per heavy atom. The van der Waals surface area contributed by atoms with Crippen LogP contribution in [0.5, 0.6) is 0 Å². The van der Waals surface area contributed by atoms with Crippen LogP contribution >= 0.6 is 0 Å². The van der Waals surface area contributed by atoms with E-state index in [0.29, 0.717) is 6.04 Å². The largest absolute Gasteiger partial charge is 0.314 e. The van der Waals surface area contributed by atoms with Crippen molar-refractivity contribution in [3.63, 3.8) is 0 Å². The molecule has 86 valence electrons. The van der Waals surface area contributed by atoms with Gasteiger partial charge >= 0.3 is 0 Å². The van der Waals surface area contributed by atoms with E-state index in [9.17, 15) is 0 Å². The molecule has 1 aromatic rings. The Kier molecular flexibility index (Phi) is 3.85. The molecule has 0 aliphatic carbocycles. The summed E-state index contributed by atoms with van der Waals surface area (Å²) >= 11 is 0. The smallest absolute Gasteiger partial charge is 0.0832 e. The van der Waals surface area contributed by atoms with Crippen LogP contribution in [0.1, 0.15) is 33.4 Å². The Balaban J connectivity index is 2.48. The lowest BCUT2D eigenvalue weighted by Gasteiger charge is -2.25. The minimum Gasteiger partial charge on any atom is -0.314 e. The maximum Gasteiger partial charge on any atom is 0.0832 e. The Labute approximate surface area is 92.1 Å². The van der Waals surface area contributed by atoms with Crippen LogP contribution in [0.25, 0.3) is 0 Å². The fraction of sp³-hybridized carbons (Fsp3) is 0.818. The number of aryl methyl sites for hydroxylation is 1. The molecule has 0 amide bonds. The zero-order valence-electron chi connectivity index (χ0n) is 10.4. The highest BCUT2D eigenvalue weighted by molar-refractivity contribution is 4.97. The van der Waals surface area contributed by atoms with Crippen LogP contribution in [0.2, 0.25) is 0 Å². The van der Waals surface area contributed by atoms with Crippen LogP contribution < -0.4 is 5.32 Å². The standard InChI is InChI=1S/C11H22N4/c1-9(2)12-8-11(3,4)6-10-7-15(5)14-13-10/h7,9,12H,6,8H2,1-5H3. The highest BCUT2D eigenvalue weighted by atomic mass is 15.4. The van der Waals surface area contributed by atoms with Gasteiger partial charge in [-0.1, -0.05) is 32.9 Å². The molecule has 0 aliphatic rings. The number of rotatable bonds is 5. The topological polar surface area (TPSA) is 42.7 Å². The summed E-state index contributed by atoms with van der Waals surface area (Å²) in [6.45, 7) is 9.83. The van der Waals surface area contributed by atoms with Gasteiger partial charge in [-0.25, -0.2) is 0 Å². The number of nitrogens with zero attached hydrogens (tertiary/aromatic N) is 3. The van der Waals surface area contributed by atoms with Crippen molar-refractivity contribution >= 4 is 0 Å². The van der Waals surface area contributed by atoms with Crippen LogP contribution in [0.3, 0.4) is 0 Å². The summed E-state index contributed by atoms with van der Waals surface area (Å²) in [5, 5.41) is 11.5. The molecule has 0 spiro atoms. The van der Waals surface area contributed by atoms with E-state index in [1.165, 1.54) is 0 Å². The van der Waals surface area contributed by atoms with E-state index in [0.717, 1.165) is 18.7 Å². The summed E-state index contributed by atoms with van der Waals surface area (Å²) in [6.07, 6.45) is 2.94. The van der Waals surface area contributed by atoms with E-state index >= 15 is 0 Å². The first-order chi connectivity index (χ1) is 6.89. The molecule has 0 aromatic carbocycles. The van der Waals surface area contributed by atoms with Crippen LogP contribution in [0.15, 0.2) is 6.20 Å². The average Bonchev–Trinajstić information content (AvgIpc) is 2.47. The van der Waals surface area contributed by atoms with Crippen LogP contribution in [0.4, 0.5) is 0 Å². The first kappa shape index (κ1) is 12.2. The molecule has 0 fully saturated rings. The van der Waals surface area contributed by atoms with E-state index in [-0.39, 0.29) is 5.41 Å². The number of hydrogen-bond donors (Lipinski definition) is 1. The van der Waals surface area contributed by atoms with Gasteiger partial charge in [0.15, 0.2) is 0 Å². The predicted molar refractivity (Wildman–Crippen MR) is 61.6 cm³/mol. The second-order valence-electron chi connectivity index (χ2n) is 5.26. The van der Waals surface area contributed by atoms with E-state index in [4.69, 9.17) is 0 Å². The van der Waals surface area contributed by atoms with Gasteiger partial charge in [-0.2, -0.15) is 0 Å². The number of aromatic nitrogens is 3. The Hall–Kier alpha value is -0.900. The summed E-state index contributed by atoms with van der Waals surface area (Å²) in [6, 6.07) is 0.533. The van der Waals surface area contributed by atoms with Crippen molar-refractivity contribution in [1.29, 1.82) is 0 Å². The van der Waals surface area contributed by atoms with Crippen LogP contribution in [-0.2, 0) is 13.5 Å². The van der Waals surface area contributed by atoms with Gasteiger partial charge < -0.3 is 5.32 Å². The fourth-order valence-corrected chi connectivity index (χ4v) is 1.51.